The molecule has 3 aromatic heterocycles. The number of rotatable bonds is 9. The van der Waals surface area contributed by atoms with Crippen LogP contribution in [0.25, 0.3) is 11.3 Å². The first-order valence-corrected chi connectivity index (χ1v) is 12.5. The molecule has 0 saturated carbocycles. The first-order chi connectivity index (χ1) is 19.5. The van der Waals surface area contributed by atoms with E-state index in [1.165, 1.54) is 48.8 Å². The van der Waals surface area contributed by atoms with Gasteiger partial charge in [0.2, 0.25) is 10.9 Å². The van der Waals surface area contributed by atoms with Gasteiger partial charge in [-0.1, -0.05) is 24.3 Å². The molecule has 0 radical (unpaired) electrons. The van der Waals surface area contributed by atoms with Gasteiger partial charge in [-0.2, -0.15) is 9.78 Å². The van der Waals surface area contributed by atoms with Gasteiger partial charge in [-0.3, -0.25) is 14.0 Å². The summed E-state index contributed by atoms with van der Waals surface area (Å²) < 4.78 is 18.8. The summed E-state index contributed by atoms with van der Waals surface area (Å²) in [5.74, 6) is 0.400. The van der Waals surface area contributed by atoms with Crippen LogP contribution in [-0.2, 0) is 0 Å². The number of benzene rings is 2. The monoisotopic (exact) mass is 558 g/mol. The maximum Gasteiger partial charge on any atom is 0.271 e. The van der Waals surface area contributed by atoms with Crippen LogP contribution in [-0.4, -0.2) is 63.0 Å². The lowest BCUT2D eigenvalue weighted by atomic mass is 10.1. The Labute approximate surface area is 231 Å². The van der Waals surface area contributed by atoms with Gasteiger partial charge in [0.05, 0.1) is 38.8 Å². The number of para-hydroxylation sites is 1. The third kappa shape index (κ3) is 5.19. The fourth-order valence-electron chi connectivity index (χ4n) is 3.76. The molecule has 0 bridgehead atoms. The zero-order valence-electron chi connectivity index (χ0n) is 21.5. The highest BCUT2D eigenvalue weighted by molar-refractivity contribution is 7.99. The molecule has 0 saturated heterocycles. The number of nitrogens with one attached hydrogen (secondary N) is 1. The fourth-order valence-corrected chi connectivity index (χ4v) is 4.63. The maximum absolute atomic E-state index is 13.4. The summed E-state index contributed by atoms with van der Waals surface area (Å²) in [5.41, 5.74) is 3.53. The van der Waals surface area contributed by atoms with Crippen molar-refractivity contribution in [2.75, 3.05) is 21.3 Å². The Bertz CT molecular complexity index is 1750. The largest absolute Gasteiger partial charge is 0.493 e. The lowest BCUT2D eigenvalue weighted by Crippen LogP contribution is -2.23. The van der Waals surface area contributed by atoms with Crippen molar-refractivity contribution >= 4 is 29.5 Å². The Balaban J connectivity index is 1.49. The Morgan fingerprint density at radius 3 is 2.42 bits per heavy atom. The lowest BCUT2D eigenvalue weighted by molar-refractivity contribution is 0.0954. The summed E-state index contributed by atoms with van der Waals surface area (Å²) in [5, 5.41) is 16.7. The minimum Gasteiger partial charge on any atom is -0.493 e. The standard InChI is InChI=1S/C26H22N8O5S/c1-37-19-13-16(14-20(38-2)22(19)39-3)23(35)29-27-15-18-24(28-21-11-7-8-12-33(21)25(18)36)40-26-30-31-32-34(26)17-9-5-4-6-10-17/h4-15H,1-3H3,(H,29,35). The molecule has 40 heavy (non-hydrogen) atoms. The van der Waals surface area contributed by atoms with Crippen molar-refractivity contribution in [3.63, 3.8) is 0 Å². The second-order valence-corrected chi connectivity index (χ2v) is 8.94. The van der Waals surface area contributed by atoms with E-state index < -0.39 is 11.5 Å². The van der Waals surface area contributed by atoms with Gasteiger partial charge in [0.1, 0.15) is 10.7 Å². The van der Waals surface area contributed by atoms with Gasteiger partial charge in [-0.25, -0.2) is 10.4 Å². The number of fused-ring (bicyclic) bond motifs is 1. The number of carbonyl (C=O) groups is 1. The minimum absolute atomic E-state index is 0.126. The van der Waals surface area contributed by atoms with Gasteiger partial charge in [0.25, 0.3) is 11.5 Å². The van der Waals surface area contributed by atoms with Gasteiger partial charge < -0.3 is 14.2 Å². The van der Waals surface area contributed by atoms with Gasteiger partial charge in [-0.15, -0.1) is 5.10 Å². The second kappa shape index (κ2) is 11.7. The van der Waals surface area contributed by atoms with Gasteiger partial charge >= 0.3 is 0 Å². The van der Waals surface area contributed by atoms with Crippen LogP contribution in [0.15, 0.2) is 86.9 Å². The highest BCUT2D eigenvalue weighted by atomic mass is 32.2. The zero-order chi connectivity index (χ0) is 28.1. The smallest absolute Gasteiger partial charge is 0.271 e. The molecule has 1 N–H and O–H groups in total. The predicted octanol–water partition coefficient (Wildman–Crippen LogP) is 2.61. The molecule has 0 unspecified atom stereocenters. The van der Waals surface area contributed by atoms with E-state index in [-0.39, 0.29) is 11.1 Å². The number of nitrogens with zero attached hydrogens (tertiary/aromatic N) is 7. The van der Waals surface area contributed by atoms with Crippen molar-refractivity contribution in [2.24, 2.45) is 5.10 Å². The molecule has 3 heterocycles. The van der Waals surface area contributed by atoms with Crippen LogP contribution in [0.5, 0.6) is 17.2 Å². The number of hydrazone groups is 1. The fraction of sp³-hybridized carbons (Fsp3) is 0.115. The normalized spacial score (nSPS) is 11.1. The third-order valence-corrected chi connectivity index (χ3v) is 6.59. The van der Waals surface area contributed by atoms with Crippen LogP contribution in [0.2, 0.25) is 0 Å². The Hall–Kier alpha value is -5.24. The average molecular weight is 559 g/mol. The number of carbonyl (C=O) groups excluding carboxylic acids is 1. The summed E-state index contributed by atoms with van der Waals surface area (Å²) in [6, 6.07) is 17.5. The highest BCUT2D eigenvalue weighted by Crippen LogP contribution is 2.38. The number of pyridine rings is 1. The van der Waals surface area contributed by atoms with E-state index in [9.17, 15) is 9.59 Å². The van der Waals surface area contributed by atoms with E-state index in [1.807, 2.05) is 30.3 Å². The molecule has 13 nitrogen and oxygen atoms in total. The second-order valence-electron chi connectivity index (χ2n) is 7.99. The van der Waals surface area contributed by atoms with Crippen LogP contribution >= 0.6 is 11.8 Å². The Morgan fingerprint density at radius 2 is 1.73 bits per heavy atom. The van der Waals surface area contributed by atoms with Crippen molar-refractivity contribution in [3.05, 3.63) is 88.3 Å². The number of tetrazole rings is 1. The molecule has 0 aliphatic carbocycles. The van der Waals surface area contributed by atoms with E-state index in [4.69, 9.17) is 14.2 Å². The molecule has 2 aromatic carbocycles. The minimum atomic E-state index is -0.563. The molecule has 0 fully saturated rings. The molecule has 202 valence electrons. The van der Waals surface area contributed by atoms with Gasteiger partial charge in [-0.05, 0) is 58.6 Å². The number of amides is 1. The zero-order valence-corrected chi connectivity index (χ0v) is 22.3. The topological polar surface area (TPSA) is 147 Å². The highest BCUT2D eigenvalue weighted by Gasteiger charge is 2.19. The first kappa shape index (κ1) is 26.4. The molecule has 5 rings (SSSR count). The van der Waals surface area contributed by atoms with Crippen LogP contribution in [0.1, 0.15) is 15.9 Å². The van der Waals surface area contributed by atoms with Crippen molar-refractivity contribution in [3.8, 4) is 22.9 Å². The van der Waals surface area contributed by atoms with Gasteiger partial charge in [0, 0.05) is 11.8 Å². The lowest BCUT2D eigenvalue weighted by Gasteiger charge is -2.13. The first-order valence-electron chi connectivity index (χ1n) is 11.7. The summed E-state index contributed by atoms with van der Waals surface area (Å²) >= 11 is 1.09. The molecular weight excluding hydrogens is 536 g/mol. The van der Waals surface area contributed by atoms with E-state index in [0.717, 1.165) is 17.4 Å². The van der Waals surface area contributed by atoms with Crippen molar-refractivity contribution in [1.29, 1.82) is 0 Å². The van der Waals surface area contributed by atoms with Crippen LogP contribution in [0, 0.1) is 0 Å². The molecule has 0 aliphatic rings. The third-order valence-electron chi connectivity index (χ3n) is 5.65. The van der Waals surface area contributed by atoms with E-state index in [2.05, 4.69) is 31.0 Å². The molecule has 1 amide bonds. The summed E-state index contributed by atoms with van der Waals surface area (Å²) in [4.78, 5) is 30.9. The van der Waals surface area contributed by atoms with Crippen molar-refractivity contribution in [1.82, 2.24) is 35.0 Å². The predicted molar refractivity (Wildman–Crippen MR) is 146 cm³/mol. The molecule has 0 atom stereocenters. The van der Waals surface area contributed by atoms with E-state index in [0.29, 0.717) is 33.1 Å². The van der Waals surface area contributed by atoms with Crippen LogP contribution in [0.3, 0.4) is 0 Å². The Morgan fingerprint density at radius 1 is 1.00 bits per heavy atom. The summed E-state index contributed by atoms with van der Waals surface area (Å²) in [7, 11) is 4.36. The van der Waals surface area contributed by atoms with Crippen molar-refractivity contribution in [2.45, 2.75) is 10.2 Å². The summed E-state index contributed by atoms with van der Waals surface area (Å²) in [6.07, 6.45) is 2.84. The van der Waals surface area contributed by atoms with E-state index >= 15 is 0 Å². The molecule has 0 spiro atoms. The average Bonchev–Trinajstić information content (AvgIpc) is 3.46. The SMILES string of the molecule is COc1cc(C(=O)NN=Cc2c(Sc3nnnn3-c3ccccc3)nc3ccccn3c2=O)cc(OC)c1OC. The maximum atomic E-state index is 13.4. The van der Waals surface area contributed by atoms with Crippen LogP contribution < -0.4 is 25.2 Å². The quantitative estimate of drug-likeness (QED) is 0.163. The Kier molecular flexibility index (Phi) is 7.68. The molecule has 0 aliphatic heterocycles. The molecule has 14 heteroatoms. The van der Waals surface area contributed by atoms with E-state index in [1.54, 1.807) is 24.4 Å². The number of methoxy groups -OCH3 is 3. The van der Waals surface area contributed by atoms with Crippen LogP contribution in [0.4, 0.5) is 0 Å². The number of hydrogen-bond acceptors (Lipinski definition) is 11. The van der Waals surface area contributed by atoms with Crippen molar-refractivity contribution < 1.29 is 19.0 Å². The molecule has 5 aromatic rings. The number of aromatic nitrogens is 6. The van der Waals surface area contributed by atoms with Gasteiger partial charge in [0.15, 0.2) is 11.5 Å². The number of hydrogen-bond donors (Lipinski definition) is 1. The summed E-state index contributed by atoms with van der Waals surface area (Å²) in [6.45, 7) is 0. The molecular formula is C26H22N8O5S. The number of ether oxygens (including phenoxy) is 3.